The number of nitrogens with one attached hydrogen (secondary N) is 1. The third-order valence-corrected chi connectivity index (χ3v) is 6.10. The number of benzene rings is 1. The smallest absolute Gasteiger partial charge is 0.158 e. The van der Waals surface area contributed by atoms with Crippen LogP contribution in [0.2, 0.25) is 0 Å². The van der Waals surface area contributed by atoms with Gasteiger partial charge >= 0.3 is 0 Å². The van der Waals surface area contributed by atoms with Crippen molar-refractivity contribution in [3.63, 3.8) is 0 Å². The number of hydrazone groups is 1. The van der Waals surface area contributed by atoms with E-state index in [1.54, 1.807) is 17.6 Å². The summed E-state index contributed by atoms with van der Waals surface area (Å²) in [5.74, 6) is 0.643. The van der Waals surface area contributed by atoms with Gasteiger partial charge in [-0.15, -0.1) is 11.3 Å². The van der Waals surface area contributed by atoms with Crippen LogP contribution >= 0.6 is 11.3 Å². The predicted molar refractivity (Wildman–Crippen MR) is 119 cm³/mol. The minimum absolute atomic E-state index is 0.0694. The molecule has 0 aliphatic heterocycles. The lowest BCUT2D eigenvalue weighted by Crippen LogP contribution is -2.21. The van der Waals surface area contributed by atoms with Crippen molar-refractivity contribution in [3.05, 3.63) is 52.7 Å². The van der Waals surface area contributed by atoms with E-state index in [1.165, 1.54) is 11.9 Å². The molecule has 3 aromatic rings. The Morgan fingerprint density at radius 1 is 1.21 bits per heavy atom. The molecule has 7 nitrogen and oxygen atoms in total. The number of aliphatic hydroxyl groups is 2. The summed E-state index contributed by atoms with van der Waals surface area (Å²) in [6.45, 7) is 5.68. The highest BCUT2D eigenvalue weighted by atomic mass is 32.1. The third-order valence-electron chi connectivity index (χ3n) is 4.69. The summed E-state index contributed by atoms with van der Waals surface area (Å²) in [6, 6.07) is 10.1. The van der Waals surface area contributed by atoms with Gasteiger partial charge in [-0.2, -0.15) is 5.10 Å². The molecule has 29 heavy (non-hydrogen) atoms. The van der Waals surface area contributed by atoms with E-state index in [1.807, 2.05) is 39.1 Å². The van der Waals surface area contributed by atoms with Crippen molar-refractivity contribution in [2.75, 3.05) is 32.2 Å². The Bertz CT molecular complexity index is 969. The van der Waals surface area contributed by atoms with E-state index in [0.29, 0.717) is 12.4 Å². The molecule has 154 valence electrons. The SMILES string of the molecule is CN(CCO)Cc1ccc(C=NNc2ncnc3sc(C(C)(C)CO)cc23)cc1. The van der Waals surface area contributed by atoms with Crippen LogP contribution in [0.3, 0.4) is 0 Å². The van der Waals surface area contributed by atoms with Crippen molar-refractivity contribution in [1.82, 2.24) is 14.9 Å². The Hall–Kier alpha value is -2.39. The standard InChI is InChI=1S/C21H27N5O2S/c1-21(2,13-28)18-10-17-19(22-14-23-20(17)29-18)25-24-11-15-4-6-16(7-5-15)12-26(3)8-9-27/h4-7,10-11,14,27-28H,8-9,12-13H2,1-3H3,(H,22,23,25). The van der Waals surface area contributed by atoms with Gasteiger partial charge in [0, 0.05) is 23.4 Å². The number of nitrogens with zero attached hydrogens (tertiary/aromatic N) is 4. The average molecular weight is 414 g/mol. The van der Waals surface area contributed by atoms with Crippen LogP contribution in [0.15, 0.2) is 41.8 Å². The normalized spacial score (nSPS) is 12.3. The van der Waals surface area contributed by atoms with Gasteiger partial charge in [-0.25, -0.2) is 9.97 Å². The Morgan fingerprint density at radius 3 is 2.66 bits per heavy atom. The highest BCUT2D eigenvalue weighted by Gasteiger charge is 2.23. The monoisotopic (exact) mass is 413 g/mol. The summed E-state index contributed by atoms with van der Waals surface area (Å²) in [4.78, 5) is 12.6. The predicted octanol–water partition coefficient (Wildman–Crippen LogP) is 2.83. The summed E-state index contributed by atoms with van der Waals surface area (Å²) < 4.78 is 0. The first-order valence-corrected chi connectivity index (χ1v) is 10.3. The summed E-state index contributed by atoms with van der Waals surface area (Å²) in [5, 5.41) is 23.8. The Kier molecular flexibility index (Phi) is 6.92. The zero-order valence-electron chi connectivity index (χ0n) is 17.0. The maximum Gasteiger partial charge on any atom is 0.158 e. The lowest BCUT2D eigenvalue weighted by Gasteiger charge is -2.18. The van der Waals surface area contributed by atoms with Crippen molar-refractivity contribution in [3.8, 4) is 0 Å². The third kappa shape index (κ3) is 5.36. The molecular weight excluding hydrogens is 386 g/mol. The number of fused-ring (bicyclic) bond motifs is 1. The molecule has 3 rings (SSSR count). The first kappa shape index (κ1) is 21.3. The fourth-order valence-corrected chi connectivity index (χ4v) is 3.89. The molecule has 2 heterocycles. The maximum atomic E-state index is 9.62. The van der Waals surface area contributed by atoms with Gasteiger partial charge in [0.15, 0.2) is 5.82 Å². The number of thiophene rings is 1. The van der Waals surface area contributed by atoms with E-state index >= 15 is 0 Å². The van der Waals surface area contributed by atoms with Crippen LogP contribution in [0.25, 0.3) is 10.2 Å². The highest BCUT2D eigenvalue weighted by molar-refractivity contribution is 7.18. The van der Waals surface area contributed by atoms with Crippen LogP contribution in [-0.2, 0) is 12.0 Å². The molecule has 0 aliphatic carbocycles. The van der Waals surface area contributed by atoms with Gasteiger partial charge in [0.05, 0.1) is 24.8 Å². The van der Waals surface area contributed by atoms with E-state index < -0.39 is 0 Å². The molecule has 0 atom stereocenters. The Labute approximate surface area is 174 Å². The molecular formula is C21H27N5O2S. The topological polar surface area (TPSA) is 93.9 Å². The van der Waals surface area contributed by atoms with Crippen molar-refractivity contribution < 1.29 is 10.2 Å². The second-order valence-corrected chi connectivity index (χ2v) is 8.70. The van der Waals surface area contributed by atoms with Gasteiger partial charge in [-0.3, -0.25) is 10.3 Å². The zero-order chi connectivity index (χ0) is 20.9. The van der Waals surface area contributed by atoms with Crippen LogP contribution in [0.4, 0.5) is 5.82 Å². The first-order chi connectivity index (χ1) is 13.9. The number of aromatic nitrogens is 2. The molecule has 0 saturated heterocycles. The highest BCUT2D eigenvalue weighted by Crippen LogP contribution is 2.35. The lowest BCUT2D eigenvalue weighted by molar-refractivity contribution is 0.217. The maximum absolute atomic E-state index is 9.62. The number of hydrogen-bond donors (Lipinski definition) is 3. The molecule has 0 radical (unpaired) electrons. The number of anilines is 1. The molecule has 0 unspecified atom stereocenters. The molecule has 0 spiro atoms. The van der Waals surface area contributed by atoms with Crippen LogP contribution in [0.1, 0.15) is 29.9 Å². The molecule has 0 fully saturated rings. The molecule has 0 aliphatic rings. The quantitative estimate of drug-likeness (QED) is 0.369. The zero-order valence-corrected chi connectivity index (χ0v) is 17.8. The number of aliphatic hydroxyl groups excluding tert-OH is 2. The van der Waals surface area contributed by atoms with Gasteiger partial charge < -0.3 is 10.2 Å². The number of hydrogen-bond acceptors (Lipinski definition) is 8. The minimum atomic E-state index is -0.321. The van der Waals surface area contributed by atoms with Crippen LogP contribution in [0, 0.1) is 0 Å². The largest absolute Gasteiger partial charge is 0.395 e. The van der Waals surface area contributed by atoms with Gasteiger partial charge in [0.1, 0.15) is 11.2 Å². The fraction of sp³-hybridized carbons (Fsp3) is 0.381. The van der Waals surface area contributed by atoms with Gasteiger partial charge in [0.25, 0.3) is 0 Å². The number of rotatable bonds is 9. The summed E-state index contributed by atoms with van der Waals surface area (Å²) in [5.41, 5.74) is 4.85. The molecule has 2 aromatic heterocycles. The van der Waals surface area contributed by atoms with Gasteiger partial charge in [-0.05, 0) is 24.2 Å². The van der Waals surface area contributed by atoms with E-state index in [0.717, 1.165) is 27.2 Å². The first-order valence-electron chi connectivity index (χ1n) is 9.46. The van der Waals surface area contributed by atoms with Crippen molar-refractivity contribution >= 4 is 33.6 Å². The molecule has 3 N–H and O–H groups in total. The van der Waals surface area contributed by atoms with Crippen molar-refractivity contribution in [2.45, 2.75) is 25.8 Å². The second kappa shape index (κ2) is 9.41. The summed E-state index contributed by atoms with van der Waals surface area (Å²) >= 11 is 1.56. The minimum Gasteiger partial charge on any atom is -0.395 e. The fourth-order valence-electron chi connectivity index (χ4n) is 2.79. The second-order valence-electron chi connectivity index (χ2n) is 7.67. The van der Waals surface area contributed by atoms with Crippen LogP contribution in [0.5, 0.6) is 0 Å². The number of likely N-dealkylation sites (N-methyl/N-ethyl adjacent to an activating group) is 1. The Balaban J connectivity index is 1.69. The van der Waals surface area contributed by atoms with Crippen LogP contribution < -0.4 is 5.43 Å². The molecule has 8 heteroatoms. The Morgan fingerprint density at radius 2 is 1.97 bits per heavy atom. The van der Waals surface area contributed by atoms with Crippen LogP contribution in [-0.4, -0.2) is 58.1 Å². The lowest BCUT2D eigenvalue weighted by atomic mass is 9.93. The molecule has 0 bridgehead atoms. The average Bonchev–Trinajstić information content (AvgIpc) is 3.16. The van der Waals surface area contributed by atoms with E-state index in [9.17, 15) is 5.11 Å². The molecule has 1 aromatic carbocycles. The summed E-state index contributed by atoms with van der Waals surface area (Å²) in [7, 11) is 1.98. The van der Waals surface area contributed by atoms with Gasteiger partial charge in [-0.1, -0.05) is 38.1 Å². The van der Waals surface area contributed by atoms with Crippen molar-refractivity contribution in [2.24, 2.45) is 5.10 Å². The van der Waals surface area contributed by atoms with E-state index in [-0.39, 0.29) is 18.6 Å². The van der Waals surface area contributed by atoms with E-state index in [4.69, 9.17) is 5.11 Å². The summed E-state index contributed by atoms with van der Waals surface area (Å²) in [6.07, 6.45) is 3.27. The molecule has 0 saturated carbocycles. The van der Waals surface area contributed by atoms with E-state index in [2.05, 4.69) is 37.5 Å². The van der Waals surface area contributed by atoms with Crippen molar-refractivity contribution in [1.29, 1.82) is 0 Å². The molecule has 0 amide bonds. The van der Waals surface area contributed by atoms with Gasteiger partial charge in [0.2, 0.25) is 0 Å².